The van der Waals surface area contributed by atoms with E-state index in [1.807, 2.05) is 0 Å². The third kappa shape index (κ3) is 4.90. The number of nitrogens with zero attached hydrogens (tertiary/aromatic N) is 2. The van der Waals surface area contributed by atoms with Crippen LogP contribution in [-0.4, -0.2) is 26.8 Å². The predicted molar refractivity (Wildman–Crippen MR) is 78.0 cm³/mol. The van der Waals surface area contributed by atoms with Gasteiger partial charge in [0.05, 0.1) is 19.1 Å². The van der Waals surface area contributed by atoms with Gasteiger partial charge in [-0.1, -0.05) is 19.1 Å². The minimum absolute atomic E-state index is 0.0978. The van der Waals surface area contributed by atoms with E-state index >= 15 is 0 Å². The van der Waals surface area contributed by atoms with E-state index in [4.69, 9.17) is 15.7 Å². The second-order valence-corrected chi connectivity index (χ2v) is 4.49. The van der Waals surface area contributed by atoms with Crippen molar-refractivity contribution in [2.75, 3.05) is 31.7 Å². The second-order valence-electron chi connectivity index (χ2n) is 4.49. The molecule has 4 heteroatoms. The fourth-order valence-corrected chi connectivity index (χ4v) is 1.92. The van der Waals surface area contributed by atoms with Gasteiger partial charge in [0.2, 0.25) is 0 Å². The molecular formula is C15H23N3O. The zero-order valence-corrected chi connectivity index (χ0v) is 11.8. The Morgan fingerprint density at radius 3 is 2.53 bits per heavy atom. The average Bonchev–Trinajstić information content (AvgIpc) is 2.47. The molecule has 1 rings (SSSR count). The summed E-state index contributed by atoms with van der Waals surface area (Å²) in [4.78, 5) is 2.16. The highest BCUT2D eigenvalue weighted by Crippen LogP contribution is 2.19. The van der Waals surface area contributed by atoms with E-state index in [1.165, 1.54) is 0 Å². The van der Waals surface area contributed by atoms with Crippen LogP contribution in [0.15, 0.2) is 24.3 Å². The van der Waals surface area contributed by atoms with Crippen LogP contribution in [0.4, 0.5) is 5.69 Å². The van der Waals surface area contributed by atoms with Crippen molar-refractivity contribution in [2.45, 2.75) is 25.8 Å². The molecule has 2 N–H and O–H groups in total. The van der Waals surface area contributed by atoms with E-state index in [0.29, 0.717) is 13.0 Å². The molecule has 0 bridgehead atoms. The third-order valence-corrected chi connectivity index (χ3v) is 3.19. The molecule has 0 aromatic heterocycles. The van der Waals surface area contributed by atoms with Crippen LogP contribution >= 0.6 is 0 Å². The number of benzene rings is 1. The van der Waals surface area contributed by atoms with Gasteiger partial charge >= 0.3 is 0 Å². The number of hydrogen-bond acceptors (Lipinski definition) is 4. The number of anilines is 1. The molecule has 0 aliphatic rings. The quantitative estimate of drug-likeness (QED) is 0.781. The molecule has 0 unspecified atom stereocenters. The highest BCUT2D eigenvalue weighted by molar-refractivity contribution is 5.48. The zero-order chi connectivity index (χ0) is 14.1. The normalized spacial score (nSPS) is 11.9. The first-order valence-corrected chi connectivity index (χ1v) is 6.69. The van der Waals surface area contributed by atoms with Crippen LogP contribution in [0.2, 0.25) is 0 Å². The molecule has 0 amide bonds. The lowest BCUT2D eigenvalue weighted by Gasteiger charge is -2.24. The van der Waals surface area contributed by atoms with Gasteiger partial charge in [-0.2, -0.15) is 5.26 Å². The Labute approximate surface area is 115 Å². The maximum Gasteiger partial charge on any atom is 0.0640 e. The summed E-state index contributed by atoms with van der Waals surface area (Å²) in [5, 5.41) is 8.71. The first kappa shape index (κ1) is 15.5. The van der Waals surface area contributed by atoms with E-state index in [-0.39, 0.29) is 6.04 Å². The van der Waals surface area contributed by atoms with Crippen molar-refractivity contribution >= 4 is 5.69 Å². The molecule has 1 atom stereocenters. The molecule has 1 aromatic rings. The first-order chi connectivity index (χ1) is 9.22. The number of nitrogens with two attached hydrogens (primary N) is 1. The fourth-order valence-electron chi connectivity index (χ4n) is 1.92. The van der Waals surface area contributed by atoms with E-state index in [2.05, 4.69) is 42.2 Å². The van der Waals surface area contributed by atoms with E-state index < -0.39 is 0 Å². The zero-order valence-electron chi connectivity index (χ0n) is 11.8. The van der Waals surface area contributed by atoms with Crippen LogP contribution in [0.3, 0.4) is 0 Å². The summed E-state index contributed by atoms with van der Waals surface area (Å²) in [5.41, 5.74) is 8.27. The first-order valence-electron chi connectivity index (χ1n) is 6.69. The molecule has 4 nitrogen and oxygen atoms in total. The molecule has 104 valence electrons. The molecule has 0 aliphatic heterocycles. The van der Waals surface area contributed by atoms with Crippen LogP contribution < -0.4 is 10.6 Å². The van der Waals surface area contributed by atoms with Gasteiger partial charge in [-0.3, -0.25) is 0 Å². The molecule has 0 aliphatic carbocycles. The molecule has 0 radical (unpaired) electrons. The van der Waals surface area contributed by atoms with Gasteiger partial charge < -0.3 is 15.4 Å². The number of ether oxygens (including phenoxy) is 1. The van der Waals surface area contributed by atoms with Crippen LogP contribution in [0, 0.1) is 11.3 Å². The summed E-state index contributed by atoms with van der Waals surface area (Å²) in [5.74, 6) is 0. The number of nitriles is 1. The van der Waals surface area contributed by atoms with E-state index in [0.717, 1.165) is 30.8 Å². The molecule has 1 aromatic carbocycles. The van der Waals surface area contributed by atoms with Crippen molar-refractivity contribution in [3.8, 4) is 6.07 Å². The lowest BCUT2D eigenvalue weighted by molar-refractivity contribution is 0.205. The molecular weight excluding hydrogens is 238 g/mol. The third-order valence-electron chi connectivity index (χ3n) is 3.19. The van der Waals surface area contributed by atoms with Crippen LogP contribution in [0.5, 0.6) is 0 Å². The van der Waals surface area contributed by atoms with Gasteiger partial charge in [0, 0.05) is 31.9 Å². The van der Waals surface area contributed by atoms with E-state index in [9.17, 15) is 0 Å². The predicted octanol–water partition coefficient (Wildman–Crippen LogP) is 2.46. The molecule has 0 heterocycles. The summed E-state index contributed by atoms with van der Waals surface area (Å²) in [7, 11) is 1.69. The van der Waals surface area contributed by atoms with Crippen molar-refractivity contribution in [3.63, 3.8) is 0 Å². The summed E-state index contributed by atoms with van der Waals surface area (Å²) < 4.78 is 5.11. The van der Waals surface area contributed by atoms with Crippen molar-refractivity contribution < 1.29 is 4.74 Å². The number of methoxy groups -OCH3 is 1. The smallest absolute Gasteiger partial charge is 0.0640 e. The topological polar surface area (TPSA) is 62.3 Å². The maximum absolute atomic E-state index is 8.71. The van der Waals surface area contributed by atoms with Crippen molar-refractivity contribution in [2.24, 2.45) is 5.73 Å². The molecule has 19 heavy (non-hydrogen) atoms. The number of hydrogen-bond donors (Lipinski definition) is 1. The summed E-state index contributed by atoms with van der Waals surface area (Å²) in [6.07, 6.45) is 1.45. The van der Waals surface area contributed by atoms with E-state index in [1.54, 1.807) is 7.11 Å². The van der Waals surface area contributed by atoms with Gasteiger partial charge in [0.25, 0.3) is 0 Å². The summed E-state index contributed by atoms with van der Waals surface area (Å²) in [6.45, 7) is 4.24. The lowest BCUT2D eigenvalue weighted by atomic mass is 10.1. The van der Waals surface area contributed by atoms with Crippen LogP contribution in [0.1, 0.15) is 31.4 Å². The lowest BCUT2D eigenvalue weighted by Crippen LogP contribution is -2.28. The molecule has 0 spiro atoms. The molecule has 0 saturated carbocycles. The summed E-state index contributed by atoms with van der Waals surface area (Å²) >= 11 is 0. The molecule has 0 saturated heterocycles. The van der Waals surface area contributed by atoms with Gasteiger partial charge in [-0.25, -0.2) is 0 Å². The second kappa shape index (κ2) is 8.52. The summed E-state index contributed by atoms with van der Waals surface area (Å²) in [6, 6.07) is 10.5. The van der Waals surface area contributed by atoms with Gasteiger partial charge in [0.15, 0.2) is 0 Å². The minimum Gasteiger partial charge on any atom is -0.383 e. The van der Waals surface area contributed by atoms with Gasteiger partial charge in [0.1, 0.15) is 0 Å². The van der Waals surface area contributed by atoms with Crippen molar-refractivity contribution in [1.29, 1.82) is 5.26 Å². The van der Waals surface area contributed by atoms with Gasteiger partial charge in [-0.15, -0.1) is 0 Å². The molecule has 0 fully saturated rings. The van der Waals surface area contributed by atoms with Crippen LogP contribution in [-0.2, 0) is 4.74 Å². The number of rotatable bonds is 8. The van der Waals surface area contributed by atoms with Crippen molar-refractivity contribution in [1.82, 2.24) is 0 Å². The Morgan fingerprint density at radius 2 is 2.00 bits per heavy atom. The SMILES string of the molecule is CC[C@H](N)c1ccc(N(CCC#N)CCOC)cc1. The maximum atomic E-state index is 8.71. The fraction of sp³-hybridized carbons (Fsp3) is 0.533. The Bertz CT molecular complexity index is 397. The average molecular weight is 261 g/mol. The van der Waals surface area contributed by atoms with Crippen molar-refractivity contribution in [3.05, 3.63) is 29.8 Å². The highest BCUT2D eigenvalue weighted by Gasteiger charge is 2.08. The standard InChI is InChI=1S/C15H23N3O/c1-3-15(17)13-5-7-14(8-6-13)18(10-4-9-16)11-12-19-2/h5-8,15H,3-4,10-12,17H2,1-2H3/t15-/m0/s1. The monoisotopic (exact) mass is 261 g/mol. The Balaban J connectivity index is 2.75. The Hall–Kier alpha value is -1.57. The highest BCUT2D eigenvalue weighted by atomic mass is 16.5. The Kier molecular flexibility index (Phi) is 6.94. The van der Waals surface area contributed by atoms with Gasteiger partial charge in [-0.05, 0) is 24.1 Å². The minimum atomic E-state index is 0.0978. The van der Waals surface area contributed by atoms with Crippen LogP contribution in [0.25, 0.3) is 0 Å². The largest absolute Gasteiger partial charge is 0.383 e. The Morgan fingerprint density at radius 1 is 1.32 bits per heavy atom.